The minimum absolute atomic E-state index is 0.00716. The molecule has 0 radical (unpaired) electrons. The SMILES string of the molecule is COc1cccc(CN(C(=O)CN(c2cc(Cl)ccc2OC)S(=O)(=O)c2ccccc2)C(C)C(=O)NC2CCCCC2)c1. The molecule has 0 bridgehead atoms. The minimum atomic E-state index is -4.26. The Hall–Kier alpha value is -3.76. The van der Waals surface area contributed by atoms with Crippen molar-refractivity contribution >= 4 is 39.1 Å². The second-order valence-electron chi connectivity index (χ2n) is 10.5. The molecule has 3 aromatic carbocycles. The van der Waals surface area contributed by atoms with Crippen LogP contribution in [0.5, 0.6) is 11.5 Å². The van der Waals surface area contributed by atoms with Gasteiger partial charge in [-0.1, -0.05) is 61.2 Å². The Kier molecular flexibility index (Phi) is 10.9. The molecule has 9 nitrogen and oxygen atoms in total. The maximum absolute atomic E-state index is 14.2. The van der Waals surface area contributed by atoms with Crippen LogP contribution in [0.2, 0.25) is 5.02 Å². The molecule has 1 atom stereocenters. The number of carbonyl (C=O) groups excluding carboxylic acids is 2. The number of halogens is 1. The van der Waals surface area contributed by atoms with E-state index in [9.17, 15) is 18.0 Å². The Labute approximate surface area is 258 Å². The van der Waals surface area contributed by atoms with Crippen molar-refractivity contribution in [3.8, 4) is 11.5 Å². The summed E-state index contributed by atoms with van der Waals surface area (Å²) in [6, 6.07) is 18.7. The van der Waals surface area contributed by atoms with Gasteiger partial charge >= 0.3 is 0 Å². The monoisotopic (exact) mass is 627 g/mol. The van der Waals surface area contributed by atoms with Crippen LogP contribution in [0.3, 0.4) is 0 Å². The molecular weight excluding hydrogens is 590 g/mol. The summed E-state index contributed by atoms with van der Waals surface area (Å²) in [7, 11) is -1.30. The number of ether oxygens (including phenoxy) is 2. The Bertz CT molecular complexity index is 1510. The fourth-order valence-corrected chi connectivity index (χ4v) is 6.81. The number of rotatable bonds is 12. The molecule has 1 aliphatic rings. The zero-order valence-corrected chi connectivity index (χ0v) is 26.2. The van der Waals surface area contributed by atoms with E-state index in [1.54, 1.807) is 62.6 Å². The van der Waals surface area contributed by atoms with E-state index in [0.717, 1.165) is 42.0 Å². The van der Waals surface area contributed by atoms with Crippen LogP contribution >= 0.6 is 11.6 Å². The molecule has 43 heavy (non-hydrogen) atoms. The first-order valence-corrected chi connectivity index (χ1v) is 16.1. The lowest BCUT2D eigenvalue weighted by atomic mass is 9.95. The molecule has 0 aromatic heterocycles. The van der Waals surface area contributed by atoms with Gasteiger partial charge in [-0.05, 0) is 67.8 Å². The van der Waals surface area contributed by atoms with Crippen molar-refractivity contribution in [2.24, 2.45) is 0 Å². The molecule has 3 aromatic rings. The Morgan fingerprint density at radius 3 is 2.35 bits per heavy atom. The van der Waals surface area contributed by atoms with Gasteiger partial charge in [-0.2, -0.15) is 0 Å². The van der Waals surface area contributed by atoms with Gasteiger partial charge in [0.05, 0.1) is 24.8 Å². The molecule has 0 spiro atoms. The molecule has 1 fully saturated rings. The van der Waals surface area contributed by atoms with Crippen LogP contribution in [0.15, 0.2) is 77.7 Å². The summed E-state index contributed by atoms with van der Waals surface area (Å²) in [5.41, 5.74) is 0.829. The third-order valence-corrected chi connectivity index (χ3v) is 9.63. The fourth-order valence-electron chi connectivity index (χ4n) is 5.21. The van der Waals surface area contributed by atoms with Crippen LogP contribution in [-0.4, -0.2) is 58.0 Å². The first-order chi connectivity index (χ1) is 20.6. The van der Waals surface area contributed by atoms with E-state index in [1.165, 1.54) is 30.2 Å². The highest BCUT2D eigenvalue weighted by molar-refractivity contribution is 7.92. The lowest BCUT2D eigenvalue weighted by molar-refractivity contribution is -0.139. The molecule has 1 N–H and O–H groups in total. The predicted molar refractivity (Wildman–Crippen MR) is 167 cm³/mol. The number of anilines is 1. The summed E-state index contributed by atoms with van der Waals surface area (Å²) in [5.74, 6) is -0.0445. The minimum Gasteiger partial charge on any atom is -0.497 e. The van der Waals surface area contributed by atoms with E-state index in [0.29, 0.717) is 5.75 Å². The molecule has 230 valence electrons. The van der Waals surface area contributed by atoms with Crippen molar-refractivity contribution in [1.29, 1.82) is 0 Å². The maximum Gasteiger partial charge on any atom is 0.264 e. The van der Waals surface area contributed by atoms with E-state index in [-0.39, 0.29) is 39.8 Å². The standard InChI is InChI=1S/C32H38ClN3O6S/c1-23(32(38)34-26-12-6-4-7-13-26)35(21-24-11-10-14-27(19-24)41-2)31(37)22-36(29-20-25(33)17-18-30(29)42-3)43(39,40)28-15-8-5-9-16-28/h5,8-11,14-20,23,26H,4,6-7,12-13,21-22H2,1-3H3,(H,34,38). The summed E-state index contributed by atoms with van der Waals surface area (Å²) in [6.45, 7) is 1.12. The van der Waals surface area contributed by atoms with Gasteiger partial charge in [0.25, 0.3) is 10.0 Å². The van der Waals surface area contributed by atoms with Gasteiger partial charge in [-0.3, -0.25) is 13.9 Å². The lowest BCUT2D eigenvalue weighted by Crippen LogP contribution is -2.53. The van der Waals surface area contributed by atoms with Gasteiger partial charge in [-0.25, -0.2) is 8.42 Å². The van der Waals surface area contributed by atoms with Gasteiger partial charge in [-0.15, -0.1) is 0 Å². The second-order valence-corrected chi connectivity index (χ2v) is 12.8. The zero-order valence-electron chi connectivity index (χ0n) is 24.7. The van der Waals surface area contributed by atoms with E-state index in [4.69, 9.17) is 21.1 Å². The van der Waals surface area contributed by atoms with Crippen LogP contribution in [0.4, 0.5) is 5.69 Å². The van der Waals surface area contributed by atoms with Crippen molar-refractivity contribution in [3.63, 3.8) is 0 Å². The summed E-state index contributed by atoms with van der Waals surface area (Å²) < 4.78 is 39.9. The first kappa shape index (κ1) is 32.2. The van der Waals surface area contributed by atoms with Crippen molar-refractivity contribution in [2.75, 3.05) is 25.1 Å². The molecule has 0 heterocycles. The molecule has 11 heteroatoms. The fraction of sp³-hybridized carbons (Fsp3) is 0.375. The number of nitrogens with zero attached hydrogens (tertiary/aromatic N) is 2. The average Bonchev–Trinajstić information content (AvgIpc) is 3.03. The maximum atomic E-state index is 14.2. The highest BCUT2D eigenvalue weighted by Gasteiger charge is 2.34. The summed E-state index contributed by atoms with van der Waals surface area (Å²) >= 11 is 6.30. The van der Waals surface area contributed by atoms with Gasteiger partial charge in [0.2, 0.25) is 11.8 Å². The molecule has 2 amide bonds. The number of sulfonamides is 1. The van der Waals surface area contributed by atoms with Crippen molar-refractivity contribution in [3.05, 3.63) is 83.4 Å². The summed E-state index contributed by atoms with van der Waals surface area (Å²) in [5, 5.41) is 3.37. The molecule has 4 rings (SSSR count). The topological polar surface area (TPSA) is 105 Å². The normalized spacial score (nSPS) is 14.4. The average molecular weight is 628 g/mol. The number of benzene rings is 3. The first-order valence-electron chi connectivity index (χ1n) is 14.3. The third kappa shape index (κ3) is 8.00. The molecule has 1 unspecified atom stereocenters. The zero-order chi connectivity index (χ0) is 31.0. The van der Waals surface area contributed by atoms with E-state index >= 15 is 0 Å². The van der Waals surface area contributed by atoms with Gasteiger partial charge < -0.3 is 19.7 Å². The van der Waals surface area contributed by atoms with Crippen LogP contribution in [0.25, 0.3) is 0 Å². The quantitative estimate of drug-likeness (QED) is 0.288. The number of amides is 2. The lowest BCUT2D eigenvalue weighted by Gasteiger charge is -2.33. The summed E-state index contributed by atoms with van der Waals surface area (Å²) in [6.07, 6.45) is 5.00. The number of hydrogen-bond donors (Lipinski definition) is 1. The van der Waals surface area contributed by atoms with Crippen molar-refractivity contribution in [1.82, 2.24) is 10.2 Å². The Morgan fingerprint density at radius 2 is 1.67 bits per heavy atom. The van der Waals surface area contributed by atoms with E-state index in [1.807, 2.05) is 6.07 Å². The number of methoxy groups -OCH3 is 2. The highest BCUT2D eigenvalue weighted by atomic mass is 35.5. The van der Waals surface area contributed by atoms with Crippen molar-refractivity contribution in [2.45, 2.75) is 62.6 Å². The van der Waals surface area contributed by atoms with E-state index in [2.05, 4.69) is 5.32 Å². The second kappa shape index (κ2) is 14.6. The van der Waals surface area contributed by atoms with Gasteiger partial charge in [0.15, 0.2) is 0 Å². The predicted octanol–water partition coefficient (Wildman–Crippen LogP) is 5.42. The molecular formula is C32H38ClN3O6S. The molecule has 1 aliphatic carbocycles. The molecule has 0 saturated heterocycles. The van der Waals surface area contributed by atoms with Crippen molar-refractivity contribution < 1.29 is 27.5 Å². The highest BCUT2D eigenvalue weighted by Crippen LogP contribution is 2.35. The van der Waals surface area contributed by atoms with Crippen LogP contribution in [0, 0.1) is 0 Å². The van der Waals surface area contributed by atoms with Crippen LogP contribution < -0.4 is 19.1 Å². The Morgan fingerprint density at radius 1 is 0.953 bits per heavy atom. The smallest absolute Gasteiger partial charge is 0.264 e. The molecule has 0 aliphatic heterocycles. The van der Waals surface area contributed by atoms with Gasteiger partial charge in [0, 0.05) is 17.6 Å². The van der Waals surface area contributed by atoms with Crippen LogP contribution in [-0.2, 0) is 26.2 Å². The largest absolute Gasteiger partial charge is 0.497 e. The molecule has 1 saturated carbocycles. The Balaban J connectivity index is 1.73. The van der Waals surface area contributed by atoms with Gasteiger partial charge in [0.1, 0.15) is 24.1 Å². The number of nitrogens with one attached hydrogen (secondary N) is 1. The number of carbonyl (C=O) groups is 2. The third-order valence-electron chi connectivity index (χ3n) is 7.63. The number of hydrogen-bond acceptors (Lipinski definition) is 6. The van der Waals surface area contributed by atoms with E-state index < -0.39 is 28.5 Å². The summed E-state index contributed by atoms with van der Waals surface area (Å²) in [4.78, 5) is 29.1. The van der Waals surface area contributed by atoms with Crippen LogP contribution in [0.1, 0.15) is 44.6 Å².